The van der Waals surface area contributed by atoms with Gasteiger partial charge in [-0.3, -0.25) is 0 Å². The highest BCUT2D eigenvalue weighted by atomic mass is 19.1. The van der Waals surface area contributed by atoms with E-state index in [4.69, 9.17) is 0 Å². The standard InChI is InChI=1S/C12H18FN/c1-3-4-8-14(2)10-11-6-5-7-12(13)9-11/h5-7,9H,3-4,8,10H2,1-2H3. The second kappa shape index (κ2) is 5.76. The van der Waals surface area contributed by atoms with Gasteiger partial charge in [0.2, 0.25) is 0 Å². The molecule has 0 fully saturated rings. The first-order valence-electron chi connectivity index (χ1n) is 5.15. The minimum atomic E-state index is -0.147. The maximum atomic E-state index is 12.9. The number of unbranched alkanes of at least 4 members (excludes halogenated alkanes) is 1. The molecule has 0 aliphatic rings. The van der Waals surface area contributed by atoms with Gasteiger partial charge in [-0.05, 0) is 37.7 Å². The Kier molecular flexibility index (Phi) is 4.60. The van der Waals surface area contributed by atoms with Gasteiger partial charge in [0.1, 0.15) is 5.82 Å². The van der Waals surface area contributed by atoms with Crippen molar-refractivity contribution in [2.24, 2.45) is 0 Å². The Morgan fingerprint density at radius 3 is 2.79 bits per heavy atom. The summed E-state index contributed by atoms with van der Waals surface area (Å²) in [6.07, 6.45) is 2.40. The molecule has 0 bridgehead atoms. The van der Waals surface area contributed by atoms with Crippen LogP contribution in [0.5, 0.6) is 0 Å². The molecule has 0 amide bonds. The van der Waals surface area contributed by atoms with Crippen LogP contribution in [0.2, 0.25) is 0 Å². The Bertz CT molecular complexity index is 273. The Morgan fingerprint density at radius 2 is 2.14 bits per heavy atom. The van der Waals surface area contributed by atoms with Crippen LogP contribution in [-0.2, 0) is 6.54 Å². The van der Waals surface area contributed by atoms with Gasteiger partial charge in [-0.1, -0.05) is 25.5 Å². The average molecular weight is 195 g/mol. The summed E-state index contributed by atoms with van der Waals surface area (Å²) in [4.78, 5) is 2.22. The zero-order chi connectivity index (χ0) is 10.4. The van der Waals surface area contributed by atoms with E-state index in [1.54, 1.807) is 12.1 Å². The monoisotopic (exact) mass is 195 g/mol. The first-order valence-corrected chi connectivity index (χ1v) is 5.15. The number of nitrogens with zero attached hydrogens (tertiary/aromatic N) is 1. The first-order chi connectivity index (χ1) is 6.72. The van der Waals surface area contributed by atoms with Gasteiger partial charge >= 0.3 is 0 Å². The van der Waals surface area contributed by atoms with Crippen LogP contribution in [0, 0.1) is 5.82 Å². The zero-order valence-corrected chi connectivity index (χ0v) is 8.96. The van der Waals surface area contributed by atoms with Gasteiger partial charge in [0.25, 0.3) is 0 Å². The molecule has 0 atom stereocenters. The zero-order valence-electron chi connectivity index (χ0n) is 8.96. The van der Waals surface area contributed by atoms with E-state index in [0.29, 0.717) is 0 Å². The minimum absolute atomic E-state index is 0.147. The van der Waals surface area contributed by atoms with Crippen LogP contribution < -0.4 is 0 Å². The molecule has 0 N–H and O–H groups in total. The third-order valence-corrected chi connectivity index (χ3v) is 2.23. The molecule has 1 nitrogen and oxygen atoms in total. The van der Waals surface area contributed by atoms with Crippen molar-refractivity contribution in [1.29, 1.82) is 0 Å². The van der Waals surface area contributed by atoms with E-state index in [1.165, 1.54) is 18.9 Å². The van der Waals surface area contributed by atoms with Crippen LogP contribution in [0.3, 0.4) is 0 Å². The lowest BCUT2D eigenvalue weighted by atomic mass is 10.2. The van der Waals surface area contributed by atoms with Gasteiger partial charge in [0.15, 0.2) is 0 Å². The van der Waals surface area contributed by atoms with Crippen LogP contribution in [-0.4, -0.2) is 18.5 Å². The molecular formula is C12H18FN. The van der Waals surface area contributed by atoms with Gasteiger partial charge in [-0.15, -0.1) is 0 Å². The van der Waals surface area contributed by atoms with E-state index >= 15 is 0 Å². The molecule has 0 heterocycles. The fourth-order valence-electron chi connectivity index (χ4n) is 1.45. The van der Waals surface area contributed by atoms with Crippen LogP contribution in [0.25, 0.3) is 0 Å². The van der Waals surface area contributed by atoms with Crippen molar-refractivity contribution in [2.75, 3.05) is 13.6 Å². The Balaban J connectivity index is 2.43. The number of hydrogen-bond donors (Lipinski definition) is 0. The van der Waals surface area contributed by atoms with Crippen molar-refractivity contribution >= 4 is 0 Å². The van der Waals surface area contributed by atoms with Crippen molar-refractivity contribution in [3.05, 3.63) is 35.6 Å². The third-order valence-electron chi connectivity index (χ3n) is 2.23. The highest BCUT2D eigenvalue weighted by Crippen LogP contribution is 2.06. The van der Waals surface area contributed by atoms with Gasteiger partial charge in [0, 0.05) is 6.54 Å². The topological polar surface area (TPSA) is 3.24 Å². The van der Waals surface area contributed by atoms with E-state index in [1.807, 2.05) is 6.07 Å². The molecule has 78 valence electrons. The molecule has 1 aromatic carbocycles. The minimum Gasteiger partial charge on any atom is -0.302 e. The largest absolute Gasteiger partial charge is 0.302 e. The van der Waals surface area contributed by atoms with Crippen LogP contribution >= 0.6 is 0 Å². The van der Waals surface area contributed by atoms with Crippen LogP contribution in [0.1, 0.15) is 25.3 Å². The molecular weight excluding hydrogens is 177 g/mol. The highest BCUT2D eigenvalue weighted by Gasteiger charge is 2.00. The number of hydrogen-bond acceptors (Lipinski definition) is 1. The van der Waals surface area contributed by atoms with Crippen LogP contribution in [0.15, 0.2) is 24.3 Å². The summed E-state index contributed by atoms with van der Waals surface area (Å²) in [5.74, 6) is -0.147. The van der Waals surface area contributed by atoms with Crippen molar-refractivity contribution in [3.63, 3.8) is 0 Å². The Hall–Kier alpha value is -0.890. The van der Waals surface area contributed by atoms with Crippen molar-refractivity contribution < 1.29 is 4.39 Å². The van der Waals surface area contributed by atoms with Gasteiger partial charge in [0.05, 0.1) is 0 Å². The summed E-state index contributed by atoms with van der Waals surface area (Å²) >= 11 is 0. The quantitative estimate of drug-likeness (QED) is 0.698. The average Bonchev–Trinajstić information content (AvgIpc) is 2.15. The van der Waals surface area contributed by atoms with Gasteiger partial charge < -0.3 is 4.90 Å². The van der Waals surface area contributed by atoms with Crippen LogP contribution in [0.4, 0.5) is 4.39 Å². The van der Waals surface area contributed by atoms with Gasteiger partial charge in [-0.2, -0.15) is 0 Å². The lowest BCUT2D eigenvalue weighted by molar-refractivity contribution is 0.320. The lowest BCUT2D eigenvalue weighted by Crippen LogP contribution is -2.18. The lowest BCUT2D eigenvalue weighted by Gasteiger charge is -2.15. The van der Waals surface area contributed by atoms with E-state index in [2.05, 4.69) is 18.9 Å². The normalized spacial score (nSPS) is 10.9. The summed E-state index contributed by atoms with van der Waals surface area (Å²) in [6.45, 7) is 4.08. The predicted octanol–water partition coefficient (Wildman–Crippen LogP) is 3.06. The molecule has 0 saturated heterocycles. The SMILES string of the molecule is CCCCN(C)Cc1cccc(F)c1. The molecule has 1 aromatic rings. The summed E-state index contributed by atoms with van der Waals surface area (Å²) < 4.78 is 12.9. The summed E-state index contributed by atoms with van der Waals surface area (Å²) in [6, 6.07) is 6.81. The molecule has 0 saturated carbocycles. The molecule has 0 spiro atoms. The smallest absolute Gasteiger partial charge is 0.123 e. The van der Waals surface area contributed by atoms with Crippen molar-refractivity contribution in [3.8, 4) is 0 Å². The Morgan fingerprint density at radius 1 is 1.36 bits per heavy atom. The van der Waals surface area contributed by atoms with E-state index < -0.39 is 0 Å². The molecule has 0 aromatic heterocycles. The predicted molar refractivity (Wildman–Crippen MR) is 57.6 cm³/mol. The molecule has 14 heavy (non-hydrogen) atoms. The maximum absolute atomic E-state index is 12.9. The summed E-state index contributed by atoms with van der Waals surface area (Å²) in [5.41, 5.74) is 1.05. The number of halogens is 1. The molecule has 2 heteroatoms. The van der Waals surface area contributed by atoms with E-state index in [9.17, 15) is 4.39 Å². The second-order valence-electron chi connectivity index (χ2n) is 3.72. The molecule has 0 aliphatic heterocycles. The number of rotatable bonds is 5. The fourth-order valence-corrected chi connectivity index (χ4v) is 1.45. The van der Waals surface area contributed by atoms with E-state index in [-0.39, 0.29) is 5.82 Å². The summed E-state index contributed by atoms with van der Waals surface area (Å²) in [7, 11) is 2.07. The Labute approximate surface area is 85.5 Å². The van der Waals surface area contributed by atoms with Gasteiger partial charge in [-0.25, -0.2) is 4.39 Å². The fraction of sp³-hybridized carbons (Fsp3) is 0.500. The maximum Gasteiger partial charge on any atom is 0.123 e. The number of benzene rings is 1. The molecule has 0 unspecified atom stereocenters. The molecule has 1 rings (SSSR count). The van der Waals surface area contributed by atoms with Crippen molar-refractivity contribution in [2.45, 2.75) is 26.3 Å². The molecule has 0 radical (unpaired) electrons. The highest BCUT2D eigenvalue weighted by molar-refractivity contribution is 5.15. The van der Waals surface area contributed by atoms with Crippen molar-refractivity contribution in [1.82, 2.24) is 4.90 Å². The van der Waals surface area contributed by atoms with E-state index in [0.717, 1.165) is 18.7 Å². The third kappa shape index (κ3) is 3.88. The second-order valence-corrected chi connectivity index (χ2v) is 3.72. The summed E-state index contributed by atoms with van der Waals surface area (Å²) in [5, 5.41) is 0. The molecule has 0 aliphatic carbocycles. The first kappa shape index (κ1) is 11.2.